The molecule has 0 radical (unpaired) electrons. The van der Waals surface area contributed by atoms with Crippen LogP contribution in [0, 0.1) is 10.1 Å². The lowest BCUT2D eigenvalue weighted by Gasteiger charge is -2.34. The zero-order valence-corrected chi connectivity index (χ0v) is 16.3. The molecule has 0 saturated carbocycles. The van der Waals surface area contributed by atoms with E-state index in [4.69, 9.17) is 0 Å². The zero-order chi connectivity index (χ0) is 20.5. The Morgan fingerprint density at radius 2 is 1.17 bits per heavy atom. The largest absolute Gasteiger partial charge is 0.385 e. The fraction of sp³-hybridized carbons (Fsp3) is 0.250. The topological polar surface area (TPSA) is 66.6 Å². The minimum absolute atomic E-state index is 0.386. The molecular weight excluding hydrogens is 364 g/mol. The predicted molar refractivity (Wildman–Crippen MR) is 114 cm³/mol. The fourth-order valence-electron chi connectivity index (χ4n) is 3.56. The molecule has 3 aromatic carbocycles. The van der Waals surface area contributed by atoms with Crippen LogP contribution >= 0.6 is 0 Å². The lowest BCUT2D eigenvalue weighted by atomic mass is 9.98. The molecule has 0 amide bonds. The molecule has 2 atom stereocenters. The molecule has 3 aromatic rings. The highest BCUT2D eigenvalue weighted by Crippen LogP contribution is 2.20. The third kappa shape index (κ3) is 6.52. The van der Waals surface area contributed by atoms with Crippen molar-refractivity contribution >= 4 is 0 Å². The first-order valence-corrected chi connectivity index (χ1v) is 9.77. The molecule has 0 unspecified atom stereocenters. The van der Waals surface area contributed by atoms with Crippen molar-refractivity contribution in [2.24, 2.45) is 0 Å². The Balaban J connectivity index is 1.91. The van der Waals surface area contributed by atoms with Gasteiger partial charge >= 0.3 is 0 Å². The number of nitrogens with zero attached hydrogens (tertiary/aromatic N) is 2. The van der Waals surface area contributed by atoms with Crippen molar-refractivity contribution in [1.29, 1.82) is 0 Å². The molecule has 0 fully saturated rings. The lowest BCUT2D eigenvalue weighted by Crippen LogP contribution is -2.47. The number of nitro groups is 1. The molecule has 5 heteroatoms. The fourth-order valence-corrected chi connectivity index (χ4v) is 3.56. The van der Waals surface area contributed by atoms with Gasteiger partial charge < -0.3 is 5.11 Å². The summed E-state index contributed by atoms with van der Waals surface area (Å²) < 4.78 is 0. The summed E-state index contributed by atoms with van der Waals surface area (Å²) in [5, 5.41) is 21.9. The molecule has 5 nitrogen and oxygen atoms in total. The van der Waals surface area contributed by atoms with Crippen LogP contribution < -0.4 is 0 Å². The summed E-state index contributed by atoms with van der Waals surface area (Å²) in [5.41, 5.74) is 3.26. The Hall–Kier alpha value is -3.02. The van der Waals surface area contributed by atoms with Crippen molar-refractivity contribution in [2.45, 2.75) is 31.7 Å². The van der Waals surface area contributed by atoms with Gasteiger partial charge in [-0.25, -0.2) is 0 Å². The van der Waals surface area contributed by atoms with E-state index in [1.807, 2.05) is 91.0 Å². The first-order valence-electron chi connectivity index (χ1n) is 9.77. The molecule has 0 aliphatic heterocycles. The van der Waals surface area contributed by atoms with E-state index in [1.165, 1.54) is 0 Å². The van der Waals surface area contributed by atoms with E-state index in [9.17, 15) is 15.2 Å². The Labute approximate surface area is 171 Å². The highest BCUT2D eigenvalue weighted by molar-refractivity contribution is 5.20. The molecule has 0 heterocycles. The normalized spacial score (nSPS) is 13.2. The highest BCUT2D eigenvalue weighted by atomic mass is 16.6. The SMILES string of the molecule is O=[N+]([O-])C[C@H](O)[C@H](Cc1ccccc1)N(Cc1ccccc1)Cc1ccccc1. The van der Waals surface area contributed by atoms with Crippen molar-refractivity contribution in [2.75, 3.05) is 6.54 Å². The molecule has 1 N–H and O–H groups in total. The Kier molecular flexibility index (Phi) is 7.50. The number of benzene rings is 3. The van der Waals surface area contributed by atoms with Gasteiger partial charge in [-0.3, -0.25) is 15.0 Å². The van der Waals surface area contributed by atoms with Crippen LogP contribution in [-0.2, 0) is 19.5 Å². The van der Waals surface area contributed by atoms with Gasteiger partial charge in [-0.1, -0.05) is 91.0 Å². The molecule has 0 aromatic heterocycles. The third-order valence-corrected chi connectivity index (χ3v) is 4.99. The summed E-state index contributed by atoms with van der Waals surface area (Å²) in [6.45, 7) is 0.724. The molecule has 0 saturated heterocycles. The first kappa shape index (κ1) is 20.7. The minimum atomic E-state index is -1.07. The number of rotatable bonds is 10. The number of aliphatic hydroxyl groups excluding tert-OH is 1. The monoisotopic (exact) mass is 390 g/mol. The summed E-state index contributed by atoms with van der Waals surface area (Å²) >= 11 is 0. The maximum Gasteiger partial charge on any atom is 0.230 e. The van der Waals surface area contributed by atoms with Crippen LogP contribution in [0.2, 0.25) is 0 Å². The van der Waals surface area contributed by atoms with E-state index in [-0.39, 0.29) is 6.04 Å². The lowest BCUT2D eigenvalue weighted by molar-refractivity contribution is -0.492. The summed E-state index contributed by atoms with van der Waals surface area (Å²) in [6.07, 6.45) is -0.534. The van der Waals surface area contributed by atoms with Gasteiger partial charge in [0.05, 0.1) is 0 Å². The van der Waals surface area contributed by atoms with E-state index in [1.54, 1.807) is 0 Å². The molecular formula is C24H26N2O3. The van der Waals surface area contributed by atoms with Crippen molar-refractivity contribution in [3.63, 3.8) is 0 Å². The zero-order valence-electron chi connectivity index (χ0n) is 16.3. The van der Waals surface area contributed by atoms with E-state index in [0.717, 1.165) is 16.7 Å². The van der Waals surface area contributed by atoms with Crippen LogP contribution in [0.4, 0.5) is 0 Å². The van der Waals surface area contributed by atoms with E-state index in [2.05, 4.69) is 4.90 Å². The van der Waals surface area contributed by atoms with E-state index in [0.29, 0.717) is 19.5 Å². The van der Waals surface area contributed by atoms with Gasteiger partial charge in [0.1, 0.15) is 6.10 Å². The van der Waals surface area contributed by atoms with Crippen molar-refractivity contribution in [3.05, 3.63) is 118 Å². The summed E-state index contributed by atoms with van der Waals surface area (Å²) in [4.78, 5) is 12.8. The number of hydrogen-bond acceptors (Lipinski definition) is 4. The minimum Gasteiger partial charge on any atom is -0.385 e. The average molecular weight is 390 g/mol. The standard InChI is InChI=1S/C24H26N2O3/c27-24(19-26(28)29)23(16-20-10-4-1-5-11-20)25(17-21-12-6-2-7-13-21)18-22-14-8-3-9-15-22/h1-15,23-24,27H,16-19H2/t23-,24-/m0/s1. The summed E-state index contributed by atoms with van der Waals surface area (Å²) in [6, 6.07) is 29.5. The van der Waals surface area contributed by atoms with Crippen LogP contribution in [0.15, 0.2) is 91.0 Å². The maximum atomic E-state index is 11.1. The van der Waals surface area contributed by atoms with Crippen molar-refractivity contribution in [3.8, 4) is 0 Å². The van der Waals surface area contributed by atoms with Crippen molar-refractivity contribution < 1.29 is 10.0 Å². The smallest absolute Gasteiger partial charge is 0.230 e. The van der Waals surface area contributed by atoms with Crippen LogP contribution in [0.1, 0.15) is 16.7 Å². The van der Waals surface area contributed by atoms with Gasteiger partial charge in [0, 0.05) is 24.1 Å². The summed E-state index contributed by atoms with van der Waals surface area (Å²) in [7, 11) is 0. The van der Waals surface area contributed by atoms with Gasteiger partial charge in [0.2, 0.25) is 6.54 Å². The van der Waals surface area contributed by atoms with Crippen molar-refractivity contribution in [1.82, 2.24) is 4.90 Å². The Bertz CT molecular complexity index is 831. The first-order chi connectivity index (χ1) is 14.1. The van der Waals surface area contributed by atoms with Crippen LogP contribution in [0.5, 0.6) is 0 Å². The number of aliphatic hydroxyl groups is 1. The third-order valence-electron chi connectivity index (χ3n) is 4.99. The quantitative estimate of drug-likeness (QED) is 0.421. The van der Waals surface area contributed by atoms with Gasteiger partial charge in [-0.05, 0) is 23.1 Å². The summed E-state index contributed by atoms with van der Waals surface area (Å²) in [5.74, 6) is 0. The van der Waals surface area contributed by atoms with Gasteiger partial charge in [0.25, 0.3) is 0 Å². The molecule has 3 rings (SSSR count). The molecule has 0 aliphatic carbocycles. The average Bonchev–Trinajstić information content (AvgIpc) is 2.73. The highest BCUT2D eigenvalue weighted by Gasteiger charge is 2.30. The second-order valence-corrected chi connectivity index (χ2v) is 7.22. The van der Waals surface area contributed by atoms with Crippen LogP contribution in [0.25, 0.3) is 0 Å². The second kappa shape index (κ2) is 10.5. The van der Waals surface area contributed by atoms with Gasteiger partial charge in [-0.2, -0.15) is 0 Å². The predicted octanol–water partition coefficient (Wildman–Crippen LogP) is 3.94. The molecule has 150 valence electrons. The molecule has 29 heavy (non-hydrogen) atoms. The van der Waals surface area contributed by atoms with Crippen LogP contribution in [-0.4, -0.2) is 33.6 Å². The second-order valence-electron chi connectivity index (χ2n) is 7.22. The van der Waals surface area contributed by atoms with E-state index < -0.39 is 17.6 Å². The van der Waals surface area contributed by atoms with E-state index >= 15 is 0 Å². The Morgan fingerprint density at radius 1 is 0.759 bits per heavy atom. The number of hydrogen-bond donors (Lipinski definition) is 1. The molecule has 0 spiro atoms. The van der Waals surface area contributed by atoms with Gasteiger partial charge in [-0.15, -0.1) is 0 Å². The molecule has 0 bridgehead atoms. The molecule has 0 aliphatic rings. The van der Waals surface area contributed by atoms with Crippen LogP contribution in [0.3, 0.4) is 0 Å². The Morgan fingerprint density at radius 3 is 1.59 bits per heavy atom. The van der Waals surface area contributed by atoms with Gasteiger partial charge in [0.15, 0.2) is 0 Å². The maximum absolute atomic E-state index is 11.1.